The second kappa shape index (κ2) is 7.05. The molecule has 114 valence electrons. The third kappa shape index (κ3) is 5.41. The predicted molar refractivity (Wildman–Crippen MR) is 81.2 cm³/mol. The highest BCUT2D eigenvalue weighted by molar-refractivity contribution is 7.85. The topological polar surface area (TPSA) is 90.7 Å². The molecule has 0 fully saturated rings. The second-order valence-electron chi connectivity index (χ2n) is 4.52. The molecule has 1 heterocycles. The maximum Gasteiger partial charge on any atom is 0.294 e. The Bertz CT molecular complexity index is 685. The number of benzene rings is 1. The molecule has 0 spiro atoms. The van der Waals surface area contributed by atoms with E-state index in [1.54, 1.807) is 12.4 Å². The molecule has 6 nitrogen and oxygen atoms in total. The largest absolute Gasteiger partial charge is 0.508 e. The van der Waals surface area contributed by atoms with Gasteiger partial charge in [-0.3, -0.25) is 9.54 Å². The molecule has 0 saturated heterocycles. The first kappa shape index (κ1) is 16.9. The highest BCUT2D eigenvalue weighted by atomic mass is 32.2. The Labute approximate surface area is 124 Å². The third-order valence-corrected chi connectivity index (χ3v) is 3.62. The van der Waals surface area contributed by atoms with E-state index in [9.17, 15) is 8.42 Å². The SMILES string of the molecule is CN(C)c1ccncc1.Cc1ccc(O)cc1S(=O)(=O)O. The molecular weight excluding hydrogens is 292 g/mol. The molecule has 0 amide bonds. The number of aromatic nitrogens is 1. The van der Waals surface area contributed by atoms with E-state index in [0.29, 0.717) is 5.56 Å². The van der Waals surface area contributed by atoms with Gasteiger partial charge in [0.2, 0.25) is 0 Å². The molecule has 2 N–H and O–H groups in total. The van der Waals surface area contributed by atoms with Crippen LogP contribution >= 0.6 is 0 Å². The summed E-state index contributed by atoms with van der Waals surface area (Å²) in [6.07, 6.45) is 3.57. The summed E-state index contributed by atoms with van der Waals surface area (Å²) in [7, 11) is -0.197. The molecule has 2 rings (SSSR count). The first-order valence-corrected chi connectivity index (χ1v) is 7.50. The Morgan fingerprint density at radius 2 is 1.67 bits per heavy atom. The van der Waals surface area contributed by atoms with E-state index in [1.807, 2.05) is 31.1 Å². The van der Waals surface area contributed by atoms with Crippen molar-refractivity contribution in [2.75, 3.05) is 19.0 Å². The molecule has 0 aliphatic rings. The van der Waals surface area contributed by atoms with Gasteiger partial charge in [-0.25, -0.2) is 0 Å². The summed E-state index contributed by atoms with van der Waals surface area (Å²) in [6, 6.07) is 7.72. The maximum absolute atomic E-state index is 10.7. The zero-order valence-electron chi connectivity index (χ0n) is 12.1. The molecule has 0 aliphatic carbocycles. The molecular formula is C14H18N2O4S. The lowest BCUT2D eigenvalue weighted by Gasteiger charge is -2.10. The number of phenolic OH excluding ortho intramolecular Hbond substituents is 1. The number of phenols is 1. The van der Waals surface area contributed by atoms with Crippen LogP contribution < -0.4 is 4.90 Å². The zero-order chi connectivity index (χ0) is 16.0. The lowest BCUT2D eigenvalue weighted by atomic mass is 10.2. The van der Waals surface area contributed by atoms with Crippen molar-refractivity contribution in [1.82, 2.24) is 4.98 Å². The van der Waals surface area contributed by atoms with Crippen LogP contribution in [0.15, 0.2) is 47.6 Å². The fraction of sp³-hybridized carbons (Fsp3) is 0.214. The van der Waals surface area contributed by atoms with Gasteiger partial charge in [-0.2, -0.15) is 8.42 Å². The highest BCUT2D eigenvalue weighted by Gasteiger charge is 2.12. The molecule has 0 radical (unpaired) electrons. The minimum atomic E-state index is -4.22. The number of hydrogen-bond donors (Lipinski definition) is 2. The molecule has 21 heavy (non-hydrogen) atoms. The summed E-state index contributed by atoms with van der Waals surface area (Å²) in [6.45, 7) is 1.53. The van der Waals surface area contributed by atoms with Gasteiger partial charge in [-0.1, -0.05) is 6.07 Å². The minimum Gasteiger partial charge on any atom is -0.508 e. The highest BCUT2D eigenvalue weighted by Crippen LogP contribution is 2.19. The van der Waals surface area contributed by atoms with Crippen LogP contribution in [0.3, 0.4) is 0 Å². The van der Waals surface area contributed by atoms with E-state index >= 15 is 0 Å². The fourth-order valence-electron chi connectivity index (χ4n) is 1.51. The minimum absolute atomic E-state index is 0.187. The lowest BCUT2D eigenvalue weighted by Crippen LogP contribution is -2.07. The van der Waals surface area contributed by atoms with Crippen LogP contribution in [0.25, 0.3) is 0 Å². The normalized spacial score (nSPS) is 10.5. The van der Waals surface area contributed by atoms with Crippen LogP contribution in [0.2, 0.25) is 0 Å². The molecule has 0 aliphatic heterocycles. The van der Waals surface area contributed by atoms with Gasteiger partial charge in [-0.05, 0) is 30.7 Å². The monoisotopic (exact) mass is 310 g/mol. The van der Waals surface area contributed by atoms with Crippen LogP contribution in [-0.4, -0.2) is 37.2 Å². The first-order valence-electron chi connectivity index (χ1n) is 6.06. The number of hydrogen-bond acceptors (Lipinski definition) is 5. The van der Waals surface area contributed by atoms with Crippen molar-refractivity contribution in [3.63, 3.8) is 0 Å². The summed E-state index contributed by atoms with van der Waals surface area (Å²) in [4.78, 5) is 5.68. The Morgan fingerprint density at radius 1 is 1.10 bits per heavy atom. The lowest BCUT2D eigenvalue weighted by molar-refractivity contribution is 0.465. The van der Waals surface area contributed by atoms with Gasteiger partial charge in [0.15, 0.2) is 0 Å². The van der Waals surface area contributed by atoms with E-state index < -0.39 is 10.1 Å². The molecule has 1 aromatic carbocycles. The van der Waals surface area contributed by atoms with E-state index in [4.69, 9.17) is 9.66 Å². The zero-order valence-corrected chi connectivity index (χ0v) is 12.9. The quantitative estimate of drug-likeness (QED) is 0.825. The van der Waals surface area contributed by atoms with Crippen molar-refractivity contribution in [2.24, 2.45) is 0 Å². The number of nitrogens with zero attached hydrogens (tertiary/aromatic N) is 2. The Kier molecular flexibility index (Phi) is 5.69. The van der Waals surface area contributed by atoms with Gasteiger partial charge in [0.1, 0.15) is 10.6 Å². The number of aromatic hydroxyl groups is 1. The number of rotatable bonds is 2. The maximum atomic E-state index is 10.7. The summed E-state index contributed by atoms with van der Waals surface area (Å²) in [5.74, 6) is -0.187. The second-order valence-corrected chi connectivity index (χ2v) is 5.91. The Hall–Kier alpha value is -2.12. The first-order chi connectivity index (χ1) is 9.71. The molecule has 0 bridgehead atoms. The summed E-state index contributed by atoms with van der Waals surface area (Å²) < 4.78 is 30.0. The van der Waals surface area contributed by atoms with Crippen molar-refractivity contribution < 1.29 is 18.1 Å². The molecule has 1 aromatic heterocycles. The number of aryl methyl sites for hydroxylation is 1. The van der Waals surface area contributed by atoms with Crippen LogP contribution in [0, 0.1) is 6.92 Å². The van der Waals surface area contributed by atoms with Crippen molar-refractivity contribution in [2.45, 2.75) is 11.8 Å². The van der Waals surface area contributed by atoms with E-state index in [0.717, 1.165) is 6.07 Å². The van der Waals surface area contributed by atoms with E-state index in [2.05, 4.69) is 4.98 Å². The number of anilines is 1. The van der Waals surface area contributed by atoms with Gasteiger partial charge in [0, 0.05) is 38.2 Å². The van der Waals surface area contributed by atoms with Gasteiger partial charge in [-0.15, -0.1) is 0 Å². The summed E-state index contributed by atoms with van der Waals surface area (Å²) in [5.41, 5.74) is 1.58. The molecule has 0 atom stereocenters. The molecule has 7 heteroatoms. The van der Waals surface area contributed by atoms with Crippen molar-refractivity contribution in [3.8, 4) is 5.75 Å². The number of pyridine rings is 1. The van der Waals surface area contributed by atoms with Crippen LogP contribution in [0.5, 0.6) is 5.75 Å². The van der Waals surface area contributed by atoms with Crippen LogP contribution in [0.1, 0.15) is 5.56 Å². The van der Waals surface area contributed by atoms with Crippen molar-refractivity contribution in [3.05, 3.63) is 48.3 Å². The summed E-state index contributed by atoms with van der Waals surface area (Å²) >= 11 is 0. The van der Waals surface area contributed by atoms with E-state index in [-0.39, 0.29) is 10.6 Å². The summed E-state index contributed by atoms with van der Waals surface area (Å²) in [5, 5.41) is 8.93. The molecule has 0 saturated carbocycles. The molecule has 0 unspecified atom stereocenters. The van der Waals surface area contributed by atoms with Crippen LogP contribution in [0.4, 0.5) is 5.69 Å². The van der Waals surface area contributed by atoms with E-state index in [1.165, 1.54) is 24.7 Å². The third-order valence-electron chi connectivity index (χ3n) is 2.63. The average Bonchev–Trinajstić information content (AvgIpc) is 2.42. The predicted octanol–water partition coefficient (Wildman–Crippen LogP) is 2.09. The molecule has 2 aromatic rings. The van der Waals surface area contributed by atoms with Gasteiger partial charge in [0.25, 0.3) is 10.1 Å². The van der Waals surface area contributed by atoms with Gasteiger partial charge < -0.3 is 10.0 Å². The standard InChI is InChI=1S/C7H10N2.C7H8O4S/c1-9(2)7-3-5-8-6-4-7;1-5-2-3-6(8)4-7(5)12(9,10)11/h3-6H,1-2H3;2-4,8H,1H3,(H,9,10,11). The smallest absolute Gasteiger partial charge is 0.294 e. The van der Waals surface area contributed by atoms with Crippen molar-refractivity contribution >= 4 is 15.8 Å². The average molecular weight is 310 g/mol. The van der Waals surface area contributed by atoms with Gasteiger partial charge >= 0.3 is 0 Å². The Balaban J connectivity index is 0.000000219. The fourth-order valence-corrected chi connectivity index (χ4v) is 2.25. The van der Waals surface area contributed by atoms with Crippen molar-refractivity contribution in [1.29, 1.82) is 0 Å². The van der Waals surface area contributed by atoms with Gasteiger partial charge in [0.05, 0.1) is 0 Å². The van der Waals surface area contributed by atoms with Crippen LogP contribution in [-0.2, 0) is 10.1 Å². The Morgan fingerprint density at radius 3 is 2.05 bits per heavy atom.